The summed E-state index contributed by atoms with van der Waals surface area (Å²) < 4.78 is 8.67. The van der Waals surface area contributed by atoms with Crippen LogP contribution in [0.15, 0.2) is 12.7 Å². The van der Waals surface area contributed by atoms with Crippen LogP contribution in [-0.2, 0) is 14.3 Å². The predicted molar refractivity (Wildman–Crippen MR) is 34.2 cm³/mol. The van der Waals surface area contributed by atoms with Gasteiger partial charge in [0.15, 0.2) is 0 Å². The van der Waals surface area contributed by atoms with Crippen LogP contribution >= 0.6 is 0 Å². The van der Waals surface area contributed by atoms with Gasteiger partial charge in [-0.15, -0.1) is 6.58 Å². The number of carbonyl (C=O) groups excluding carboxylic acids is 1. The van der Waals surface area contributed by atoms with E-state index in [4.69, 9.17) is 5.11 Å². The van der Waals surface area contributed by atoms with Gasteiger partial charge in [0, 0.05) is 0 Å². The van der Waals surface area contributed by atoms with Crippen molar-refractivity contribution in [1.29, 1.82) is 0 Å². The van der Waals surface area contributed by atoms with Crippen molar-refractivity contribution in [3.8, 4) is 0 Å². The van der Waals surface area contributed by atoms with Crippen molar-refractivity contribution in [3.63, 3.8) is 0 Å². The molecule has 0 aromatic carbocycles. The highest BCUT2D eigenvalue weighted by molar-refractivity contribution is 5.72. The minimum atomic E-state index is -1.50. The summed E-state index contributed by atoms with van der Waals surface area (Å²) >= 11 is 0. The predicted octanol–water partition coefficient (Wildman–Crippen LogP) is -0.320. The van der Waals surface area contributed by atoms with E-state index in [-0.39, 0.29) is 6.61 Å². The molecule has 0 aliphatic heterocycles. The summed E-state index contributed by atoms with van der Waals surface area (Å²) in [7, 11) is 1.17. The molecule has 1 N–H and O–H groups in total. The van der Waals surface area contributed by atoms with Crippen LogP contribution in [0.5, 0.6) is 0 Å². The Labute approximate surface area is 59.1 Å². The lowest BCUT2D eigenvalue weighted by Crippen LogP contribution is -2.24. The number of hydrogen-bond donors (Lipinski definition) is 1. The molecular weight excluding hydrogens is 136 g/mol. The third kappa shape index (κ3) is 3.21. The Morgan fingerprint density at radius 2 is 2.50 bits per heavy atom. The average Bonchev–Trinajstić information content (AvgIpc) is 1.98. The maximum atomic E-state index is 10.4. The highest BCUT2D eigenvalue weighted by Crippen LogP contribution is 1.89. The molecule has 0 spiro atoms. The maximum Gasteiger partial charge on any atom is 0.363 e. The molecular formula is C6H10O4. The number of ether oxygens (including phenoxy) is 2. The summed E-state index contributed by atoms with van der Waals surface area (Å²) in [6.45, 7) is 3.45. The van der Waals surface area contributed by atoms with Crippen LogP contribution in [0.3, 0.4) is 0 Å². The average molecular weight is 146 g/mol. The molecule has 0 aromatic heterocycles. The fourth-order valence-corrected chi connectivity index (χ4v) is 0.328. The fourth-order valence-electron chi connectivity index (χ4n) is 0.328. The van der Waals surface area contributed by atoms with Crippen LogP contribution in [0.25, 0.3) is 0 Å². The van der Waals surface area contributed by atoms with E-state index in [2.05, 4.69) is 16.1 Å². The van der Waals surface area contributed by atoms with Gasteiger partial charge < -0.3 is 14.6 Å². The van der Waals surface area contributed by atoms with Gasteiger partial charge in [-0.25, -0.2) is 4.79 Å². The Balaban J connectivity index is 3.50. The Morgan fingerprint density at radius 1 is 1.90 bits per heavy atom. The normalized spacial score (nSPS) is 12.2. The van der Waals surface area contributed by atoms with E-state index in [0.29, 0.717) is 0 Å². The second-order valence-electron chi connectivity index (χ2n) is 1.50. The zero-order valence-corrected chi connectivity index (χ0v) is 5.74. The number of carbonyl (C=O) groups is 1. The van der Waals surface area contributed by atoms with Crippen molar-refractivity contribution in [2.24, 2.45) is 0 Å². The number of aliphatic hydroxyl groups excluding tert-OH is 1. The van der Waals surface area contributed by atoms with Gasteiger partial charge in [0.2, 0.25) is 0 Å². The third-order valence-electron chi connectivity index (χ3n) is 0.775. The van der Waals surface area contributed by atoms with Gasteiger partial charge in [-0.1, -0.05) is 6.08 Å². The number of hydrogen-bond acceptors (Lipinski definition) is 4. The fraction of sp³-hybridized carbons (Fsp3) is 0.500. The summed E-state index contributed by atoms with van der Waals surface area (Å²) in [5, 5.41) is 8.70. The second-order valence-corrected chi connectivity index (χ2v) is 1.50. The maximum absolute atomic E-state index is 10.4. The van der Waals surface area contributed by atoms with Gasteiger partial charge in [0.05, 0.1) is 13.7 Å². The van der Waals surface area contributed by atoms with Crippen LogP contribution < -0.4 is 0 Å². The summed E-state index contributed by atoms with van der Waals surface area (Å²) in [5.74, 6) is -0.804. The molecule has 10 heavy (non-hydrogen) atoms. The molecule has 0 amide bonds. The minimum absolute atomic E-state index is 0.121. The van der Waals surface area contributed by atoms with E-state index < -0.39 is 12.3 Å². The van der Waals surface area contributed by atoms with Crippen LogP contribution in [0.1, 0.15) is 0 Å². The lowest BCUT2D eigenvalue weighted by atomic mass is 10.6. The molecule has 1 atom stereocenters. The van der Waals surface area contributed by atoms with Gasteiger partial charge in [-0.3, -0.25) is 0 Å². The highest BCUT2D eigenvalue weighted by atomic mass is 16.6. The van der Waals surface area contributed by atoms with Gasteiger partial charge >= 0.3 is 5.97 Å². The molecule has 0 heterocycles. The van der Waals surface area contributed by atoms with Crippen LogP contribution in [0.2, 0.25) is 0 Å². The Bertz CT molecular complexity index is 121. The van der Waals surface area contributed by atoms with Crippen molar-refractivity contribution in [1.82, 2.24) is 0 Å². The molecule has 0 rings (SSSR count). The first-order chi connectivity index (χ1) is 4.72. The Kier molecular flexibility index (Phi) is 4.53. The van der Waals surface area contributed by atoms with Crippen molar-refractivity contribution in [2.75, 3.05) is 13.7 Å². The first-order valence-electron chi connectivity index (χ1n) is 2.70. The highest BCUT2D eigenvalue weighted by Gasteiger charge is 2.13. The van der Waals surface area contributed by atoms with Crippen LogP contribution in [0, 0.1) is 0 Å². The van der Waals surface area contributed by atoms with Gasteiger partial charge in [-0.2, -0.15) is 0 Å². The second kappa shape index (κ2) is 4.96. The number of rotatable bonds is 4. The number of methoxy groups -OCH3 is 1. The molecule has 0 unspecified atom stereocenters. The van der Waals surface area contributed by atoms with Gasteiger partial charge in [-0.05, 0) is 0 Å². The molecule has 0 aromatic rings. The molecule has 0 fully saturated rings. The van der Waals surface area contributed by atoms with E-state index in [1.165, 1.54) is 13.2 Å². The molecule has 0 saturated heterocycles. The van der Waals surface area contributed by atoms with E-state index >= 15 is 0 Å². The molecule has 4 heteroatoms. The van der Waals surface area contributed by atoms with E-state index in [1.54, 1.807) is 0 Å². The molecule has 0 bridgehead atoms. The van der Waals surface area contributed by atoms with Crippen molar-refractivity contribution in [3.05, 3.63) is 12.7 Å². The molecule has 0 radical (unpaired) electrons. The lowest BCUT2D eigenvalue weighted by molar-refractivity contribution is -0.177. The summed E-state index contributed by atoms with van der Waals surface area (Å²) in [5.41, 5.74) is 0. The number of aliphatic hydroxyl groups is 1. The Hall–Kier alpha value is -0.870. The molecule has 4 nitrogen and oxygen atoms in total. The largest absolute Gasteiger partial charge is 0.465 e. The zero-order valence-electron chi connectivity index (χ0n) is 5.74. The van der Waals surface area contributed by atoms with E-state index in [9.17, 15) is 4.79 Å². The van der Waals surface area contributed by atoms with Gasteiger partial charge in [0.1, 0.15) is 0 Å². The molecule has 0 aliphatic rings. The summed E-state index contributed by atoms with van der Waals surface area (Å²) in [6, 6.07) is 0. The standard InChI is InChI=1S/C6H10O4/c1-3-4-10-6(8)5(7)9-2/h3,6,8H,1,4H2,2H3/t6-/m0/s1. The first kappa shape index (κ1) is 9.13. The quantitative estimate of drug-likeness (QED) is 0.335. The van der Waals surface area contributed by atoms with Crippen molar-refractivity contribution in [2.45, 2.75) is 6.29 Å². The minimum Gasteiger partial charge on any atom is -0.465 e. The Morgan fingerprint density at radius 3 is 2.90 bits per heavy atom. The van der Waals surface area contributed by atoms with Crippen molar-refractivity contribution >= 4 is 5.97 Å². The topological polar surface area (TPSA) is 55.8 Å². The summed E-state index contributed by atoms with van der Waals surface area (Å²) in [4.78, 5) is 10.4. The zero-order chi connectivity index (χ0) is 7.98. The molecule has 0 aliphatic carbocycles. The lowest BCUT2D eigenvalue weighted by Gasteiger charge is -2.06. The first-order valence-corrected chi connectivity index (χ1v) is 2.70. The SMILES string of the molecule is C=CCO[C@H](O)C(=O)OC. The monoisotopic (exact) mass is 146 g/mol. The van der Waals surface area contributed by atoms with Gasteiger partial charge in [0.25, 0.3) is 6.29 Å². The molecule has 58 valence electrons. The van der Waals surface area contributed by atoms with Crippen LogP contribution in [-0.4, -0.2) is 31.1 Å². The van der Waals surface area contributed by atoms with Crippen molar-refractivity contribution < 1.29 is 19.4 Å². The summed E-state index contributed by atoms with van der Waals surface area (Å²) in [6.07, 6.45) is -0.0744. The number of esters is 1. The smallest absolute Gasteiger partial charge is 0.363 e. The molecule has 0 saturated carbocycles. The van der Waals surface area contributed by atoms with E-state index in [0.717, 1.165) is 0 Å². The van der Waals surface area contributed by atoms with E-state index in [1.807, 2.05) is 0 Å². The third-order valence-corrected chi connectivity index (χ3v) is 0.775. The van der Waals surface area contributed by atoms with Crippen LogP contribution in [0.4, 0.5) is 0 Å².